The lowest BCUT2D eigenvalue weighted by Gasteiger charge is -2.18. The molecule has 1 atom stereocenters. The lowest BCUT2D eigenvalue weighted by Crippen LogP contribution is -2.34. The predicted octanol–water partition coefficient (Wildman–Crippen LogP) is 3.77. The van der Waals surface area contributed by atoms with Crippen molar-refractivity contribution in [1.29, 1.82) is 0 Å². The topological polar surface area (TPSA) is 75.6 Å². The molecule has 6 nitrogen and oxygen atoms in total. The molecule has 0 amide bonds. The number of halogens is 4. The van der Waals surface area contributed by atoms with Gasteiger partial charge in [-0.15, -0.1) is 0 Å². The standard InChI is InChI=1S/C14H16ClF3N6/c1-7(2)19-12-22-11(9-5-4-6-10(15)21-9)23-13(24-12)20-8(3)14(16,17)18/h4-8H,1-3H3,(H2,19,20,22,23,24)/t8-/m1/s1/i3D3,6D. The van der Waals surface area contributed by atoms with E-state index in [2.05, 4.69) is 25.3 Å². The van der Waals surface area contributed by atoms with Crippen LogP contribution in [0.2, 0.25) is 5.15 Å². The van der Waals surface area contributed by atoms with Crippen molar-refractivity contribution in [1.82, 2.24) is 19.9 Å². The first-order valence-corrected chi connectivity index (χ1v) is 7.14. The Bertz CT molecular complexity index is 833. The van der Waals surface area contributed by atoms with E-state index < -0.39 is 25.0 Å². The molecule has 0 saturated carbocycles. The molecule has 0 aliphatic heterocycles. The summed E-state index contributed by atoms with van der Waals surface area (Å²) in [6.07, 6.45) is -5.07. The van der Waals surface area contributed by atoms with Crippen molar-refractivity contribution in [2.45, 2.75) is 39.0 Å². The number of hydrogen-bond acceptors (Lipinski definition) is 6. The van der Waals surface area contributed by atoms with Crippen molar-refractivity contribution >= 4 is 23.5 Å². The second-order valence-electron chi connectivity index (χ2n) is 4.99. The second-order valence-corrected chi connectivity index (χ2v) is 5.35. The van der Waals surface area contributed by atoms with Gasteiger partial charge in [-0.05, 0) is 32.8 Å². The summed E-state index contributed by atoms with van der Waals surface area (Å²) in [4.78, 5) is 15.6. The minimum absolute atomic E-state index is 0.0575. The highest BCUT2D eigenvalue weighted by atomic mass is 35.5. The van der Waals surface area contributed by atoms with Gasteiger partial charge in [-0.25, -0.2) is 4.98 Å². The fourth-order valence-corrected chi connectivity index (χ4v) is 1.73. The predicted molar refractivity (Wildman–Crippen MR) is 86.0 cm³/mol. The number of aromatic nitrogens is 4. The fraction of sp³-hybridized carbons (Fsp3) is 0.429. The van der Waals surface area contributed by atoms with Crippen LogP contribution in [0.25, 0.3) is 11.5 Å². The molecular formula is C14H16ClF3N6. The van der Waals surface area contributed by atoms with E-state index in [0.29, 0.717) is 0 Å². The van der Waals surface area contributed by atoms with Crippen LogP contribution in [0, 0.1) is 0 Å². The van der Waals surface area contributed by atoms with Crippen LogP contribution in [0.5, 0.6) is 0 Å². The van der Waals surface area contributed by atoms with Gasteiger partial charge in [-0.2, -0.15) is 28.1 Å². The molecule has 10 heteroatoms. The zero-order chi connectivity index (χ0) is 21.3. The molecule has 0 unspecified atom stereocenters. The number of alkyl halides is 3. The zero-order valence-corrected chi connectivity index (χ0v) is 13.4. The molecule has 0 radical (unpaired) electrons. The van der Waals surface area contributed by atoms with Crippen LogP contribution in [-0.4, -0.2) is 38.2 Å². The maximum Gasteiger partial charge on any atom is 0.408 e. The van der Waals surface area contributed by atoms with Crippen molar-refractivity contribution < 1.29 is 18.7 Å². The summed E-state index contributed by atoms with van der Waals surface area (Å²) in [6, 6.07) is -0.432. The lowest BCUT2D eigenvalue weighted by molar-refractivity contribution is -0.138. The van der Waals surface area contributed by atoms with E-state index in [-0.39, 0.29) is 34.7 Å². The van der Waals surface area contributed by atoms with Crippen molar-refractivity contribution in [3.05, 3.63) is 23.3 Å². The maximum absolute atomic E-state index is 13.2. The van der Waals surface area contributed by atoms with E-state index in [1.54, 1.807) is 13.8 Å². The maximum atomic E-state index is 13.2. The third-order valence-electron chi connectivity index (χ3n) is 2.55. The number of anilines is 2. The Hall–Kier alpha value is -2.16. The van der Waals surface area contributed by atoms with Gasteiger partial charge in [-0.3, -0.25) is 0 Å². The van der Waals surface area contributed by atoms with Gasteiger partial charge in [0.25, 0.3) is 0 Å². The average molecular weight is 365 g/mol. The van der Waals surface area contributed by atoms with Crippen molar-refractivity contribution in [2.75, 3.05) is 10.6 Å². The molecule has 2 aromatic rings. The molecule has 0 saturated heterocycles. The SMILES string of the molecule is [2H]c1ccc(-c2nc(NC(C)C)nc(N[C@H](C([2H])([2H])[2H])C(F)(F)F)n2)nc1Cl. The summed E-state index contributed by atoms with van der Waals surface area (Å²) >= 11 is 5.81. The first kappa shape index (κ1) is 13.2. The number of rotatable bonds is 5. The molecule has 2 rings (SSSR count). The van der Waals surface area contributed by atoms with Crippen molar-refractivity contribution in [2.24, 2.45) is 0 Å². The van der Waals surface area contributed by atoms with Gasteiger partial charge in [0.2, 0.25) is 11.9 Å². The van der Waals surface area contributed by atoms with Gasteiger partial charge in [0.05, 0.1) is 1.37 Å². The molecule has 0 spiro atoms. The third-order valence-corrected chi connectivity index (χ3v) is 2.74. The normalized spacial score (nSPS) is 16.0. The van der Waals surface area contributed by atoms with Gasteiger partial charge in [0, 0.05) is 10.2 Å². The quantitative estimate of drug-likeness (QED) is 0.786. The Morgan fingerprint density at radius 2 is 1.83 bits per heavy atom. The lowest BCUT2D eigenvalue weighted by atomic mass is 10.3. The Balaban J connectivity index is 2.52. The van der Waals surface area contributed by atoms with Crippen LogP contribution >= 0.6 is 11.6 Å². The third kappa shape index (κ3) is 4.92. The summed E-state index contributed by atoms with van der Waals surface area (Å²) in [5.41, 5.74) is 0.0794. The molecule has 0 bridgehead atoms. The number of pyridine rings is 1. The Labute approximate surface area is 147 Å². The van der Waals surface area contributed by atoms with E-state index in [4.69, 9.17) is 17.1 Å². The number of hydrogen-bond donors (Lipinski definition) is 2. The van der Waals surface area contributed by atoms with E-state index >= 15 is 0 Å². The molecule has 0 aromatic carbocycles. The molecular weight excluding hydrogens is 345 g/mol. The molecule has 2 aromatic heterocycles. The second kappa shape index (κ2) is 7.16. The van der Waals surface area contributed by atoms with Gasteiger partial charge in [-0.1, -0.05) is 17.7 Å². The largest absolute Gasteiger partial charge is 0.408 e. The Kier molecular flexibility index (Phi) is 3.93. The first-order chi connectivity index (χ1) is 12.8. The smallest absolute Gasteiger partial charge is 0.352 e. The van der Waals surface area contributed by atoms with E-state index in [9.17, 15) is 13.2 Å². The summed E-state index contributed by atoms with van der Waals surface area (Å²) < 4.78 is 68.5. The summed E-state index contributed by atoms with van der Waals surface area (Å²) in [6.45, 7) is 0.119. The van der Waals surface area contributed by atoms with Gasteiger partial charge < -0.3 is 10.6 Å². The first-order valence-electron chi connectivity index (χ1n) is 8.76. The van der Waals surface area contributed by atoms with Crippen LogP contribution in [0.1, 0.15) is 26.2 Å². The summed E-state index contributed by atoms with van der Waals surface area (Å²) in [5, 5.41) is 4.48. The molecule has 0 fully saturated rings. The molecule has 0 aliphatic rings. The number of nitrogens with zero attached hydrogens (tertiary/aromatic N) is 4. The fourth-order valence-electron chi connectivity index (χ4n) is 1.58. The van der Waals surface area contributed by atoms with E-state index in [1.807, 2.05) is 5.32 Å². The Morgan fingerprint density at radius 3 is 2.38 bits per heavy atom. The molecule has 130 valence electrons. The van der Waals surface area contributed by atoms with Gasteiger partial charge >= 0.3 is 6.18 Å². The van der Waals surface area contributed by atoms with Crippen LogP contribution in [0.4, 0.5) is 25.1 Å². The minimum atomic E-state index is -5.07. The number of nitrogens with one attached hydrogen (secondary N) is 2. The molecule has 24 heavy (non-hydrogen) atoms. The van der Waals surface area contributed by atoms with Crippen LogP contribution in [-0.2, 0) is 0 Å². The highest BCUT2D eigenvalue weighted by Gasteiger charge is 2.36. The van der Waals surface area contributed by atoms with Gasteiger partial charge in [0.15, 0.2) is 5.82 Å². The summed E-state index contributed by atoms with van der Waals surface area (Å²) in [5.74, 6) is -0.824. The van der Waals surface area contributed by atoms with Crippen LogP contribution in [0.15, 0.2) is 18.2 Å². The van der Waals surface area contributed by atoms with Crippen LogP contribution in [0.3, 0.4) is 0 Å². The van der Waals surface area contributed by atoms with Gasteiger partial charge in [0.1, 0.15) is 16.9 Å². The zero-order valence-electron chi connectivity index (χ0n) is 16.6. The molecule has 2 N–H and O–H groups in total. The Morgan fingerprint density at radius 1 is 1.17 bits per heavy atom. The molecule has 0 aliphatic carbocycles. The summed E-state index contributed by atoms with van der Waals surface area (Å²) in [7, 11) is 0. The monoisotopic (exact) mass is 364 g/mol. The van der Waals surface area contributed by atoms with Crippen LogP contribution < -0.4 is 10.6 Å². The average Bonchev–Trinajstić information content (AvgIpc) is 2.52. The molecule has 2 heterocycles. The minimum Gasteiger partial charge on any atom is -0.352 e. The highest BCUT2D eigenvalue weighted by molar-refractivity contribution is 6.29. The van der Waals surface area contributed by atoms with E-state index in [0.717, 1.165) is 0 Å². The van der Waals surface area contributed by atoms with Crippen molar-refractivity contribution in [3.8, 4) is 11.5 Å². The van der Waals surface area contributed by atoms with Crippen molar-refractivity contribution in [3.63, 3.8) is 0 Å². The highest BCUT2D eigenvalue weighted by Crippen LogP contribution is 2.24. The van der Waals surface area contributed by atoms with E-state index in [1.165, 1.54) is 12.1 Å².